The lowest BCUT2D eigenvalue weighted by molar-refractivity contribution is -0.117. The third kappa shape index (κ3) is 4.31. The summed E-state index contributed by atoms with van der Waals surface area (Å²) in [6, 6.07) is 8.92. The molecule has 3 aromatic rings. The Bertz CT molecular complexity index is 1110. The van der Waals surface area contributed by atoms with Crippen molar-refractivity contribution in [3.8, 4) is 11.5 Å². The molecule has 1 aromatic heterocycles. The van der Waals surface area contributed by atoms with Crippen LogP contribution in [-0.2, 0) is 11.8 Å². The van der Waals surface area contributed by atoms with E-state index in [2.05, 4.69) is 10.3 Å². The number of hydrogen-bond acceptors (Lipinski definition) is 4. The third-order valence-electron chi connectivity index (χ3n) is 4.63. The Kier molecular flexibility index (Phi) is 5.72. The molecule has 2 heterocycles. The van der Waals surface area contributed by atoms with Crippen LogP contribution in [0, 0.1) is 5.82 Å². The number of ether oxygens (including phenoxy) is 2. The third-order valence-corrected chi connectivity index (χ3v) is 4.91. The van der Waals surface area contributed by atoms with Crippen molar-refractivity contribution in [3.63, 3.8) is 0 Å². The minimum atomic E-state index is -0.610. The second kappa shape index (κ2) is 8.59. The summed E-state index contributed by atoms with van der Waals surface area (Å²) >= 11 is 6.24. The van der Waals surface area contributed by atoms with E-state index in [0.717, 1.165) is 0 Å². The van der Waals surface area contributed by atoms with Gasteiger partial charge in [0.15, 0.2) is 11.5 Å². The summed E-state index contributed by atoms with van der Waals surface area (Å²) in [6.45, 7) is 0.884. The number of aromatic nitrogens is 2. The molecule has 2 aromatic carbocycles. The van der Waals surface area contributed by atoms with Gasteiger partial charge in [-0.05, 0) is 41.5 Å². The number of imidazole rings is 1. The van der Waals surface area contributed by atoms with Crippen molar-refractivity contribution in [2.24, 2.45) is 7.05 Å². The zero-order chi connectivity index (χ0) is 21.1. The molecule has 1 amide bonds. The Balaban J connectivity index is 1.56. The summed E-state index contributed by atoms with van der Waals surface area (Å²) < 4.78 is 26.6. The van der Waals surface area contributed by atoms with Crippen molar-refractivity contribution >= 4 is 23.6 Å². The second-order valence-electron chi connectivity index (χ2n) is 6.75. The highest BCUT2D eigenvalue weighted by atomic mass is 35.5. The smallest absolute Gasteiger partial charge is 0.244 e. The van der Waals surface area contributed by atoms with Gasteiger partial charge in [0.25, 0.3) is 0 Å². The van der Waals surface area contributed by atoms with Crippen molar-refractivity contribution in [1.82, 2.24) is 14.9 Å². The molecule has 4 rings (SSSR count). The monoisotopic (exact) mass is 427 g/mol. The fourth-order valence-corrected chi connectivity index (χ4v) is 3.50. The van der Waals surface area contributed by atoms with Crippen molar-refractivity contribution in [2.45, 2.75) is 6.04 Å². The van der Waals surface area contributed by atoms with Crippen LogP contribution in [-0.4, -0.2) is 28.7 Å². The lowest BCUT2D eigenvalue weighted by atomic mass is 10.1. The topological polar surface area (TPSA) is 65.4 Å². The van der Waals surface area contributed by atoms with Crippen molar-refractivity contribution in [1.29, 1.82) is 0 Å². The van der Waals surface area contributed by atoms with Gasteiger partial charge in [-0.3, -0.25) is 4.79 Å². The quantitative estimate of drug-likeness (QED) is 0.627. The first kappa shape index (κ1) is 20.0. The van der Waals surface area contributed by atoms with Crippen LogP contribution in [0.15, 0.2) is 54.9 Å². The van der Waals surface area contributed by atoms with Crippen molar-refractivity contribution < 1.29 is 18.7 Å². The number of carbonyl (C=O) groups excluding carboxylic acids is 1. The van der Waals surface area contributed by atoms with Gasteiger partial charge < -0.3 is 19.4 Å². The standard InChI is InChI=1S/C22H19ClFN3O3/c1-27-8-7-25-22(27)20(15-3-2-4-16(24)13-15)26-19(28)6-5-14-11-17(23)21-18(12-14)29-9-10-30-21/h2-8,11-13,20H,9-10H2,1H3,(H,26,28)/b6-5+. The molecule has 8 heteroatoms. The number of carbonyl (C=O) groups is 1. The molecular weight excluding hydrogens is 409 g/mol. The van der Waals surface area contributed by atoms with E-state index in [4.69, 9.17) is 21.1 Å². The van der Waals surface area contributed by atoms with Crippen LogP contribution >= 0.6 is 11.6 Å². The highest BCUT2D eigenvalue weighted by molar-refractivity contribution is 6.32. The van der Waals surface area contributed by atoms with Gasteiger partial charge in [-0.25, -0.2) is 9.37 Å². The number of nitrogens with zero attached hydrogens (tertiary/aromatic N) is 2. The van der Waals surface area contributed by atoms with Gasteiger partial charge in [-0.15, -0.1) is 0 Å². The number of hydrogen-bond donors (Lipinski definition) is 1. The molecule has 6 nitrogen and oxygen atoms in total. The van der Waals surface area contributed by atoms with E-state index >= 15 is 0 Å². The molecule has 1 aliphatic rings. The number of halogens is 2. The Morgan fingerprint density at radius 3 is 2.90 bits per heavy atom. The first-order chi connectivity index (χ1) is 14.5. The van der Waals surface area contributed by atoms with E-state index in [1.165, 1.54) is 18.2 Å². The molecule has 0 spiro atoms. The minimum Gasteiger partial charge on any atom is -0.486 e. The average Bonchev–Trinajstić information content (AvgIpc) is 3.16. The molecule has 1 N–H and O–H groups in total. The van der Waals surface area contributed by atoms with Gasteiger partial charge in [0.1, 0.15) is 30.9 Å². The molecule has 0 saturated heterocycles. The molecule has 1 atom stereocenters. The van der Waals surface area contributed by atoms with E-state index in [9.17, 15) is 9.18 Å². The van der Waals surface area contributed by atoms with E-state index in [-0.39, 0.29) is 11.7 Å². The SMILES string of the molecule is Cn1ccnc1C(NC(=O)/C=C/c1cc(Cl)c2c(c1)OCCO2)c1cccc(F)c1. The van der Waals surface area contributed by atoms with Gasteiger partial charge in [-0.2, -0.15) is 0 Å². The first-order valence-electron chi connectivity index (χ1n) is 9.31. The maximum atomic E-state index is 13.8. The predicted molar refractivity (Wildman–Crippen MR) is 111 cm³/mol. The zero-order valence-electron chi connectivity index (χ0n) is 16.1. The zero-order valence-corrected chi connectivity index (χ0v) is 16.9. The average molecular weight is 428 g/mol. The van der Waals surface area contributed by atoms with E-state index in [1.54, 1.807) is 47.3 Å². The molecule has 0 saturated carbocycles. The van der Waals surface area contributed by atoms with Crippen LogP contribution in [0.2, 0.25) is 5.02 Å². The normalized spacial score (nSPS) is 14.0. The fourth-order valence-electron chi connectivity index (χ4n) is 3.23. The Labute approximate surface area is 177 Å². The van der Waals surface area contributed by atoms with Gasteiger partial charge in [0.2, 0.25) is 5.91 Å². The van der Waals surface area contributed by atoms with Crippen LogP contribution in [0.4, 0.5) is 4.39 Å². The summed E-state index contributed by atoms with van der Waals surface area (Å²) in [5.41, 5.74) is 1.28. The number of aryl methyl sites for hydroxylation is 1. The highest BCUT2D eigenvalue weighted by Gasteiger charge is 2.21. The molecule has 154 valence electrons. The first-order valence-corrected chi connectivity index (χ1v) is 9.69. The van der Waals surface area contributed by atoms with Crippen LogP contribution in [0.25, 0.3) is 6.08 Å². The largest absolute Gasteiger partial charge is 0.486 e. The number of benzene rings is 2. The number of amides is 1. The van der Waals surface area contributed by atoms with Crippen LogP contribution in [0.3, 0.4) is 0 Å². The summed E-state index contributed by atoms with van der Waals surface area (Å²) in [5.74, 6) is 0.885. The molecule has 0 radical (unpaired) electrons. The van der Waals surface area contributed by atoms with Crippen LogP contribution < -0.4 is 14.8 Å². The molecule has 30 heavy (non-hydrogen) atoms. The molecule has 0 aliphatic carbocycles. The Morgan fingerprint density at radius 2 is 2.13 bits per heavy atom. The van der Waals surface area contributed by atoms with Crippen LogP contribution in [0.5, 0.6) is 11.5 Å². The molecule has 0 fully saturated rings. The molecular formula is C22H19ClFN3O3. The van der Waals surface area contributed by atoms with Crippen molar-refractivity contribution in [3.05, 3.63) is 82.7 Å². The van der Waals surface area contributed by atoms with Crippen LogP contribution in [0.1, 0.15) is 23.0 Å². The highest BCUT2D eigenvalue weighted by Crippen LogP contribution is 2.38. The maximum Gasteiger partial charge on any atom is 0.244 e. The van der Waals surface area contributed by atoms with Crippen molar-refractivity contribution in [2.75, 3.05) is 13.2 Å². The summed E-state index contributed by atoms with van der Waals surface area (Å²) in [4.78, 5) is 17.0. The van der Waals surface area contributed by atoms with Gasteiger partial charge in [-0.1, -0.05) is 23.7 Å². The van der Waals surface area contributed by atoms with E-state index in [1.807, 2.05) is 7.05 Å². The number of rotatable bonds is 5. The van der Waals surface area contributed by atoms with Gasteiger partial charge in [0, 0.05) is 25.5 Å². The van der Waals surface area contributed by atoms with Gasteiger partial charge in [0.05, 0.1) is 5.02 Å². The molecule has 0 bridgehead atoms. The summed E-state index contributed by atoms with van der Waals surface area (Å²) in [7, 11) is 1.81. The number of fused-ring (bicyclic) bond motifs is 1. The lowest BCUT2D eigenvalue weighted by Gasteiger charge is -2.20. The van der Waals surface area contributed by atoms with E-state index < -0.39 is 6.04 Å². The molecule has 1 unspecified atom stereocenters. The molecule has 1 aliphatic heterocycles. The minimum absolute atomic E-state index is 0.363. The second-order valence-corrected chi connectivity index (χ2v) is 7.16. The summed E-state index contributed by atoms with van der Waals surface area (Å²) in [5, 5.41) is 3.30. The fraction of sp³-hybridized carbons (Fsp3) is 0.182. The van der Waals surface area contributed by atoms with E-state index in [0.29, 0.717) is 46.7 Å². The number of nitrogens with one attached hydrogen (secondary N) is 1. The van der Waals surface area contributed by atoms with Gasteiger partial charge >= 0.3 is 0 Å². The Hall–Kier alpha value is -3.32. The predicted octanol–water partition coefficient (Wildman–Crippen LogP) is 3.90. The maximum absolute atomic E-state index is 13.8. The lowest BCUT2D eigenvalue weighted by Crippen LogP contribution is -2.29. The Morgan fingerprint density at radius 1 is 1.30 bits per heavy atom. The summed E-state index contributed by atoms with van der Waals surface area (Å²) in [6.07, 6.45) is 6.40.